The van der Waals surface area contributed by atoms with Crippen LogP contribution >= 0.6 is 35.4 Å². The van der Waals surface area contributed by atoms with Gasteiger partial charge in [0.05, 0.1) is 21.1 Å². The highest BCUT2D eigenvalue weighted by Crippen LogP contribution is 2.29. The van der Waals surface area contributed by atoms with Gasteiger partial charge in [0.2, 0.25) is 0 Å². The lowest BCUT2D eigenvalue weighted by molar-refractivity contribution is 0.339. The van der Waals surface area contributed by atoms with Crippen molar-refractivity contribution < 1.29 is 0 Å². The Morgan fingerprint density at radius 2 is 1.94 bits per heavy atom. The number of hydrogen-bond acceptors (Lipinski definition) is 2. The van der Waals surface area contributed by atoms with Crippen LogP contribution in [0.1, 0.15) is 13.0 Å². The number of aromatic amines is 1. The number of halogens is 2. The smallest absolute Gasteiger partial charge is 0.178 e. The topological polar surface area (TPSA) is 24.0 Å². The van der Waals surface area contributed by atoms with E-state index in [1.165, 1.54) is 0 Å². The average Bonchev–Trinajstić information content (AvgIpc) is 2.53. The maximum absolute atomic E-state index is 6.08. The van der Waals surface area contributed by atoms with Crippen LogP contribution in [0.25, 0.3) is 11.0 Å². The van der Waals surface area contributed by atoms with Crippen LogP contribution in [0.3, 0.4) is 0 Å². The number of fused-ring (bicyclic) bond motifs is 1. The van der Waals surface area contributed by atoms with Crippen LogP contribution in [0.5, 0.6) is 0 Å². The minimum Gasteiger partial charge on any atom is -0.331 e. The van der Waals surface area contributed by atoms with E-state index in [-0.39, 0.29) is 6.04 Å². The zero-order valence-corrected chi connectivity index (χ0v) is 12.8. The van der Waals surface area contributed by atoms with Gasteiger partial charge in [0, 0.05) is 12.6 Å². The molecule has 0 aliphatic carbocycles. The highest BCUT2D eigenvalue weighted by atomic mass is 35.5. The molecule has 1 heterocycles. The summed E-state index contributed by atoms with van der Waals surface area (Å²) in [6.07, 6.45) is 0. The summed E-state index contributed by atoms with van der Waals surface area (Å²) >= 11 is 17.5. The predicted molar refractivity (Wildman–Crippen MR) is 80.4 cm³/mol. The maximum atomic E-state index is 6.08. The van der Waals surface area contributed by atoms with Crippen LogP contribution in [0, 0.1) is 4.77 Å². The lowest BCUT2D eigenvalue weighted by Crippen LogP contribution is -2.22. The zero-order chi connectivity index (χ0) is 13.4. The van der Waals surface area contributed by atoms with Crippen LogP contribution < -0.4 is 0 Å². The molecule has 0 bridgehead atoms. The number of rotatable bonds is 3. The number of imidazole rings is 1. The summed E-state index contributed by atoms with van der Waals surface area (Å²) < 4.78 is 2.77. The van der Waals surface area contributed by atoms with Crippen molar-refractivity contribution in [3.05, 3.63) is 26.9 Å². The summed E-state index contributed by atoms with van der Waals surface area (Å²) in [4.78, 5) is 5.29. The molecule has 2 aromatic rings. The summed E-state index contributed by atoms with van der Waals surface area (Å²) in [6, 6.07) is 3.93. The highest BCUT2D eigenvalue weighted by Gasteiger charge is 2.13. The minimum atomic E-state index is 0.262. The molecule has 98 valence electrons. The van der Waals surface area contributed by atoms with Gasteiger partial charge in [-0.1, -0.05) is 23.2 Å². The van der Waals surface area contributed by atoms with Gasteiger partial charge in [0.25, 0.3) is 0 Å². The second-order valence-electron chi connectivity index (χ2n) is 4.69. The Balaban J connectivity index is 2.60. The molecule has 0 amide bonds. The van der Waals surface area contributed by atoms with Crippen molar-refractivity contribution >= 4 is 46.5 Å². The first kappa shape index (κ1) is 13.9. The van der Waals surface area contributed by atoms with E-state index in [1.807, 2.05) is 26.2 Å². The molecule has 0 saturated carbocycles. The summed E-state index contributed by atoms with van der Waals surface area (Å²) in [7, 11) is 4.08. The number of hydrogen-bond donors (Lipinski definition) is 1. The van der Waals surface area contributed by atoms with Crippen LogP contribution in [0.15, 0.2) is 12.1 Å². The molecule has 6 heteroatoms. The average molecular weight is 304 g/mol. The van der Waals surface area contributed by atoms with Crippen molar-refractivity contribution in [1.82, 2.24) is 14.5 Å². The van der Waals surface area contributed by atoms with Crippen molar-refractivity contribution in [3.8, 4) is 0 Å². The van der Waals surface area contributed by atoms with Crippen molar-refractivity contribution in [3.63, 3.8) is 0 Å². The van der Waals surface area contributed by atoms with Gasteiger partial charge in [-0.15, -0.1) is 0 Å². The number of H-pyrrole nitrogens is 1. The van der Waals surface area contributed by atoms with E-state index in [1.54, 1.807) is 0 Å². The molecule has 1 atom stereocenters. The zero-order valence-electron chi connectivity index (χ0n) is 10.5. The largest absolute Gasteiger partial charge is 0.331 e. The summed E-state index contributed by atoms with van der Waals surface area (Å²) in [5.74, 6) is 0. The number of nitrogens with one attached hydrogen (secondary N) is 1. The Kier molecular flexibility index (Phi) is 4.02. The first-order valence-electron chi connectivity index (χ1n) is 5.64. The normalized spacial score (nSPS) is 13.4. The Labute approximate surface area is 121 Å². The van der Waals surface area contributed by atoms with Crippen molar-refractivity contribution in [2.45, 2.75) is 13.0 Å². The van der Waals surface area contributed by atoms with Crippen LogP contribution in [0.2, 0.25) is 10.0 Å². The molecular formula is C12H15Cl2N3S. The quantitative estimate of drug-likeness (QED) is 0.862. The Hall–Kier alpha value is -0.550. The molecule has 0 spiro atoms. The standard InChI is InChI=1S/C12H15Cl2N3S/c1-7(6-16(2)3)17-11-5-9(14)8(13)4-10(11)15-12(17)18/h4-5,7H,6H2,1-3H3,(H,15,18). The van der Waals surface area contributed by atoms with Crippen molar-refractivity contribution in [1.29, 1.82) is 0 Å². The molecule has 0 saturated heterocycles. The van der Waals surface area contributed by atoms with Gasteiger partial charge in [-0.25, -0.2) is 0 Å². The Bertz CT molecular complexity index is 630. The fourth-order valence-electron chi connectivity index (χ4n) is 2.17. The SMILES string of the molecule is CC(CN(C)C)n1c(=S)[nH]c2cc(Cl)c(Cl)cc21. The van der Waals surface area contributed by atoms with Gasteiger partial charge >= 0.3 is 0 Å². The van der Waals surface area contributed by atoms with E-state index in [2.05, 4.69) is 21.4 Å². The molecule has 1 N–H and O–H groups in total. The van der Waals surface area contributed by atoms with E-state index in [0.717, 1.165) is 17.6 Å². The molecule has 1 aromatic carbocycles. The lowest BCUT2D eigenvalue weighted by atomic mass is 10.2. The Morgan fingerprint density at radius 1 is 1.33 bits per heavy atom. The monoisotopic (exact) mass is 303 g/mol. The fraction of sp³-hybridized carbons (Fsp3) is 0.417. The fourth-order valence-corrected chi connectivity index (χ4v) is 2.88. The first-order valence-corrected chi connectivity index (χ1v) is 6.80. The van der Waals surface area contributed by atoms with Gasteiger partial charge in [-0.05, 0) is 45.4 Å². The lowest BCUT2D eigenvalue weighted by Gasteiger charge is -2.19. The highest BCUT2D eigenvalue weighted by molar-refractivity contribution is 7.71. The second-order valence-corrected chi connectivity index (χ2v) is 5.90. The third kappa shape index (κ3) is 2.57. The number of nitrogens with zero attached hydrogens (tertiary/aromatic N) is 2. The van der Waals surface area contributed by atoms with Gasteiger partial charge in [-0.3, -0.25) is 0 Å². The molecule has 18 heavy (non-hydrogen) atoms. The molecule has 1 aromatic heterocycles. The van der Waals surface area contributed by atoms with Crippen molar-refractivity contribution in [2.24, 2.45) is 0 Å². The van der Waals surface area contributed by atoms with Gasteiger partial charge < -0.3 is 14.5 Å². The third-order valence-electron chi connectivity index (χ3n) is 2.83. The molecule has 3 nitrogen and oxygen atoms in total. The van der Waals surface area contributed by atoms with Crippen LogP contribution in [-0.4, -0.2) is 35.1 Å². The summed E-state index contributed by atoms with van der Waals surface area (Å²) in [5.41, 5.74) is 1.91. The number of benzene rings is 1. The van der Waals surface area contributed by atoms with E-state index in [0.29, 0.717) is 14.8 Å². The molecule has 0 radical (unpaired) electrons. The molecular weight excluding hydrogens is 289 g/mol. The minimum absolute atomic E-state index is 0.262. The molecule has 0 aliphatic rings. The van der Waals surface area contributed by atoms with E-state index in [4.69, 9.17) is 35.4 Å². The third-order valence-corrected chi connectivity index (χ3v) is 3.85. The Morgan fingerprint density at radius 3 is 2.56 bits per heavy atom. The molecule has 1 unspecified atom stereocenters. The summed E-state index contributed by atoms with van der Waals surface area (Å²) in [6.45, 7) is 3.03. The molecule has 0 fully saturated rings. The van der Waals surface area contributed by atoms with Crippen LogP contribution in [0.4, 0.5) is 0 Å². The number of aromatic nitrogens is 2. The van der Waals surface area contributed by atoms with Gasteiger partial charge in [-0.2, -0.15) is 0 Å². The van der Waals surface area contributed by atoms with E-state index in [9.17, 15) is 0 Å². The predicted octanol–water partition coefficient (Wildman–Crippen LogP) is 4.13. The second kappa shape index (κ2) is 5.21. The number of likely N-dealkylation sites (N-methyl/N-ethyl adjacent to an activating group) is 1. The van der Waals surface area contributed by atoms with Crippen molar-refractivity contribution in [2.75, 3.05) is 20.6 Å². The molecule has 2 rings (SSSR count). The van der Waals surface area contributed by atoms with Crippen LogP contribution in [-0.2, 0) is 0 Å². The van der Waals surface area contributed by atoms with Gasteiger partial charge in [0.15, 0.2) is 4.77 Å². The van der Waals surface area contributed by atoms with E-state index >= 15 is 0 Å². The van der Waals surface area contributed by atoms with Gasteiger partial charge in [0.1, 0.15) is 0 Å². The van der Waals surface area contributed by atoms with E-state index < -0.39 is 0 Å². The molecule has 0 aliphatic heterocycles. The summed E-state index contributed by atoms with van der Waals surface area (Å²) in [5, 5.41) is 1.08. The first-order chi connectivity index (χ1) is 8.40. The maximum Gasteiger partial charge on any atom is 0.178 e.